The van der Waals surface area contributed by atoms with E-state index in [0.717, 1.165) is 28.3 Å². The molecule has 0 aliphatic carbocycles. The highest BCUT2D eigenvalue weighted by atomic mass is 32.1. The summed E-state index contributed by atoms with van der Waals surface area (Å²) in [6.45, 7) is 2.32. The molecule has 2 aromatic carbocycles. The Balaban J connectivity index is 1.62. The maximum atomic E-state index is 6.05. The van der Waals surface area contributed by atoms with Gasteiger partial charge in [-0.05, 0) is 36.4 Å². The normalized spacial score (nSPS) is 22.8. The van der Waals surface area contributed by atoms with Crippen molar-refractivity contribution in [2.24, 2.45) is 0 Å². The molecule has 3 heterocycles. The van der Waals surface area contributed by atoms with Crippen molar-refractivity contribution < 1.29 is 23.7 Å². The minimum absolute atomic E-state index is 0.232. The first-order chi connectivity index (χ1) is 12.1. The summed E-state index contributed by atoms with van der Waals surface area (Å²) < 4.78 is 27.8. The van der Waals surface area contributed by atoms with Crippen LogP contribution in [0.15, 0.2) is 36.4 Å². The number of thiol groups is 1. The molecular weight excluding hydrogens is 342 g/mol. The highest BCUT2D eigenvalue weighted by Gasteiger charge is 2.35. The van der Waals surface area contributed by atoms with Crippen LogP contribution in [-0.2, 0) is 4.74 Å². The average Bonchev–Trinajstić information content (AvgIpc) is 3.30. The first kappa shape index (κ1) is 14.7. The lowest BCUT2D eigenvalue weighted by molar-refractivity contribution is 0.157. The quantitative estimate of drug-likeness (QED) is 0.805. The minimum atomic E-state index is -0.822. The van der Waals surface area contributed by atoms with Crippen LogP contribution in [0.3, 0.4) is 0 Å². The van der Waals surface area contributed by atoms with Crippen molar-refractivity contribution in [1.29, 1.82) is 0 Å². The highest BCUT2D eigenvalue weighted by molar-refractivity contribution is 7.81. The molecule has 0 saturated carbocycles. The summed E-state index contributed by atoms with van der Waals surface area (Å²) in [5.41, 5.74) is 2.63. The standard InChI is InChI=1S/C18H15NO5S/c1-18(25)19-16(10-2-4-12-14(6-10)22-8-20-12)17(24-18)11-3-5-13-15(7-11)23-9-21-13/h2-7,19,25H,8-9H2,1H3. The zero-order chi connectivity index (χ0) is 17.0. The maximum absolute atomic E-state index is 6.05. The third-order valence-corrected chi connectivity index (χ3v) is 4.38. The van der Waals surface area contributed by atoms with E-state index in [2.05, 4.69) is 17.9 Å². The lowest BCUT2D eigenvalue weighted by Crippen LogP contribution is -2.31. The Morgan fingerprint density at radius 2 is 1.40 bits per heavy atom. The number of rotatable bonds is 2. The van der Waals surface area contributed by atoms with Crippen LogP contribution in [0.5, 0.6) is 23.0 Å². The Labute approximate surface area is 149 Å². The predicted octanol–water partition coefficient (Wildman–Crippen LogP) is 3.19. The van der Waals surface area contributed by atoms with E-state index in [0.29, 0.717) is 17.3 Å². The van der Waals surface area contributed by atoms with Gasteiger partial charge in [0.1, 0.15) is 0 Å². The van der Waals surface area contributed by atoms with E-state index in [-0.39, 0.29) is 13.6 Å². The monoisotopic (exact) mass is 357 g/mol. The summed E-state index contributed by atoms with van der Waals surface area (Å²) in [4.78, 5) is 0. The third kappa shape index (κ3) is 2.42. The summed E-state index contributed by atoms with van der Waals surface area (Å²) in [6, 6.07) is 11.5. The second-order valence-electron chi connectivity index (χ2n) is 6.05. The SMILES string of the molecule is CC1(S)NC(c2ccc3c(c2)OCO3)=C(c2ccc3c(c2)OCO3)O1. The highest BCUT2D eigenvalue weighted by Crippen LogP contribution is 2.43. The van der Waals surface area contributed by atoms with Crippen LogP contribution in [0.1, 0.15) is 18.1 Å². The maximum Gasteiger partial charge on any atom is 0.231 e. The molecule has 1 atom stereocenters. The molecule has 1 N–H and O–H groups in total. The van der Waals surface area contributed by atoms with E-state index in [1.54, 1.807) is 0 Å². The number of hydrogen-bond acceptors (Lipinski definition) is 7. The van der Waals surface area contributed by atoms with Gasteiger partial charge in [-0.2, -0.15) is 0 Å². The second kappa shape index (κ2) is 5.16. The first-order valence-electron chi connectivity index (χ1n) is 7.83. The van der Waals surface area contributed by atoms with E-state index < -0.39 is 5.06 Å². The van der Waals surface area contributed by atoms with Crippen LogP contribution in [0.4, 0.5) is 0 Å². The molecule has 1 unspecified atom stereocenters. The van der Waals surface area contributed by atoms with Crippen LogP contribution < -0.4 is 24.3 Å². The molecule has 7 heteroatoms. The molecular formula is C18H15NO5S. The first-order valence-corrected chi connectivity index (χ1v) is 8.28. The average molecular weight is 357 g/mol. The van der Waals surface area contributed by atoms with Gasteiger partial charge in [0.15, 0.2) is 28.8 Å². The van der Waals surface area contributed by atoms with Gasteiger partial charge in [-0.15, -0.1) is 12.6 Å². The third-order valence-electron chi connectivity index (χ3n) is 4.18. The van der Waals surface area contributed by atoms with Gasteiger partial charge >= 0.3 is 0 Å². The molecule has 2 aromatic rings. The van der Waals surface area contributed by atoms with Crippen molar-refractivity contribution >= 4 is 24.1 Å². The van der Waals surface area contributed by atoms with Gasteiger partial charge < -0.3 is 29.0 Å². The minimum Gasteiger partial charge on any atom is -0.457 e. The summed E-state index contributed by atoms with van der Waals surface area (Å²) >= 11 is 4.54. The molecule has 0 radical (unpaired) electrons. The van der Waals surface area contributed by atoms with Crippen LogP contribution in [-0.4, -0.2) is 18.6 Å². The van der Waals surface area contributed by atoms with Crippen LogP contribution in [0.25, 0.3) is 11.5 Å². The van der Waals surface area contributed by atoms with E-state index in [1.807, 2.05) is 43.3 Å². The van der Waals surface area contributed by atoms with Crippen molar-refractivity contribution in [3.05, 3.63) is 47.5 Å². The molecule has 6 nitrogen and oxygen atoms in total. The Morgan fingerprint density at radius 3 is 2.08 bits per heavy atom. The number of fused-ring (bicyclic) bond motifs is 2. The van der Waals surface area contributed by atoms with Crippen LogP contribution in [0.2, 0.25) is 0 Å². The van der Waals surface area contributed by atoms with Crippen LogP contribution in [0, 0.1) is 0 Å². The summed E-state index contributed by atoms with van der Waals surface area (Å²) in [5.74, 6) is 3.57. The van der Waals surface area contributed by atoms with Crippen molar-refractivity contribution in [3.63, 3.8) is 0 Å². The fourth-order valence-electron chi connectivity index (χ4n) is 3.06. The van der Waals surface area contributed by atoms with E-state index >= 15 is 0 Å². The summed E-state index contributed by atoms with van der Waals surface area (Å²) in [7, 11) is 0. The smallest absolute Gasteiger partial charge is 0.231 e. The molecule has 0 bridgehead atoms. The van der Waals surface area contributed by atoms with Gasteiger partial charge in [-0.3, -0.25) is 0 Å². The molecule has 5 rings (SSSR count). The Bertz CT molecular complexity index is 837. The largest absolute Gasteiger partial charge is 0.457 e. The predicted molar refractivity (Wildman–Crippen MR) is 93.6 cm³/mol. The van der Waals surface area contributed by atoms with Gasteiger partial charge in [0, 0.05) is 18.1 Å². The molecule has 3 aliphatic rings. The van der Waals surface area contributed by atoms with Gasteiger partial charge in [0.25, 0.3) is 0 Å². The Hall–Kier alpha value is -2.67. The van der Waals surface area contributed by atoms with Gasteiger partial charge in [0.2, 0.25) is 18.6 Å². The topological polar surface area (TPSA) is 58.2 Å². The van der Waals surface area contributed by atoms with Gasteiger partial charge in [-0.25, -0.2) is 0 Å². The van der Waals surface area contributed by atoms with E-state index in [9.17, 15) is 0 Å². The van der Waals surface area contributed by atoms with Gasteiger partial charge in [-0.1, -0.05) is 0 Å². The van der Waals surface area contributed by atoms with Gasteiger partial charge in [0.05, 0.1) is 5.70 Å². The number of ether oxygens (including phenoxy) is 5. The molecule has 128 valence electrons. The lowest BCUT2D eigenvalue weighted by atomic mass is 10.1. The molecule has 0 spiro atoms. The fourth-order valence-corrected chi connectivity index (χ4v) is 3.26. The molecule has 0 amide bonds. The summed E-state index contributed by atoms with van der Waals surface area (Å²) in [5, 5.41) is 2.49. The molecule has 0 saturated heterocycles. The van der Waals surface area contributed by atoms with Crippen molar-refractivity contribution in [2.75, 3.05) is 13.6 Å². The van der Waals surface area contributed by atoms with Crippen molar-refractivity contribution in [1.82, 2.24) is 5.32 Å². The second-order valence-corrected chi connectivity index (χ2v) is 6.90. The van der Waals surface area contributed by atoms with Crippen molar-refractivity contribution in [2.45, 2.75) is 12.0 Å². The van der Waals surface area contributed by atoms with E-state index in [4.69, 9.17) is 23.7 Å². The van der Waals surface area contributed by atoms with Crippen LogP contribution >= 0.6 is 12.6 Å². The molecule has 0 aromatic heterocycles. The lowest BCUT2D eigenvalue weighted by Gasteiger charge is -2.19. The molecule has 0 fully saturated rings. The Kier molecular flexibility index (Phi) is 3.03. The number of benzene rings is 2. The Morgan fingerprint density at radius 1 is 0.840 bits per heavy atom. The molecule has 3 aliphatic heterocycles. The fraction of sp³-hybridized carbons (Fsp3) is 0.222. The number of nitrogens with one attached hydrogen (secondary N) is 1. The zero-order valence-corrected chi connectivity index (χ0v) is 14.3. The molecule has 25 heavy (non-hydrogen) atoms. The number of hydrogen-bond donors (Lipinski definition) is 2. The van der Waals surface area contributed by atoms with E-state index in [1.165, 1.54) is 0 Å². The summed E-state index contributed by atoms with van der Waals surface area (Å²) in [6.07, 6.45) is 0. The van der Waals surface area contributed by atoms with Crippen molar-refractivity contribution in [3.8, 4) is 23.0 Å². The zero-order valence-electron chi connectivity index (χ0n) is 13.4.